The fraction of sp³-hybridized carbons (Fsp3) is 0.0833. The van der Waals surface area contributed by atoms with Gasteiger partial charge in [-0.1, -0.05) is 23.2 Å². The lowest BCUT2D eigenvalue weighted by Gasteiger charge is -2.08. The Kier molecular flexibility index (Phi) is 4.19. The number of aromatic nitrogens is 1. The number of hydrogen-bond donors (Lipinski definition) is 0. The molecule has 0 saturated heterocycles. The number of benzene rings is 1. The summed E-state index contributed by atoms with van der Waals surface area (Å²) in [4.78, 5) is 14.0. The maximum Gasteiger partial charge on any atom is 0.273 e. The molecule has 1 aromatic heterocycles. The van der Waals surface area contributed by atoms with Gasteiger partial charge in [-0.15, -0.1) is 0 Å². The molecule has 0 amide bonds. The number of nitrogens with zero attached hydrogens (tertiary/aromatic N) is 2. The van der Waals surface area contributed by atoms with Crippen LogP contribution in [-0.4, -0.2) is 9.91 Å². The largest absolute Gasteiger partial charge is 0.487 e. The van der Waals surface area contributed by atoms with Crippen molar-refractivity contribution in [3.05, 3.63) is 62.4 Å². The van der Waals surface area contributed by atoms with E-state index in [9.17, 15) is 10.1 Å². The minimum Gasteiger partial charge on any atom is -0.487 e. The number of nitro benzene ring substituents is 1. The van der Waals surface area contributed by atoms with Crippen molar-refractivity contribution in [2.45, 2.75) is 6.61 Å². The highest BCUT2D eigenvalue weighted by Crippen LogP contribution is 2.30. The summed E-state index contributed by atoms with van der Waals surface area (Å²) in [7, 11) is 0. The van der Waals surface area contributed by atoms with Gasteiger partial charge in [0.1, 0.15) is 12.4 Å². The van der Waals surface area contributed by atoms with E-state index in [0.29, 0.717) is 10.0 Å². The zero-order valence-electron chi connectivity index (χ0n) is 9.55. The zero-order chi connectivity index (χ0) is 13.8. The Morgan fingerprint density at radius 1 is 1.26 bits per heavy atom. The topological polar surface area (TPSA) is 65.3 Å². The molecule has 19 heavy (non-hydrogen) atoms. The van der Waals surface area contributed by atoms with Crippen molar-refractivity contribution < 1.29 is 9.66 Å². The van der Waals surface area contributed by atoms with Crippen molar-refractivity contribution in [3.63, 3.8) is 0 Å². The normalized spacial score (nSPS) is 10.2. The van der Waals surface area contributed by atoms with E-state index in [2.05, 4.69) is 4.98 Å². The van der Waals surface area contributed by atoms with Gasteiger partial charge in [-0.3, -0.25) is 15.1 Å². The molecule has 0 N–H and O–H groups in total. The first-order valence-electron chi connectivity index (χ1n) is 5.23. The van der Waals surface area contributed by atoms with Crippen molar-refractivity contribution in [1.82, 2.24) is 4.98 Å². The first-order chi connectivity index (χ1) is 9.08. The van der Waals surface area contributed by atoms with Gasteiger partial charge in [0.2, 0.25) is 0 Å². The Hall–Kier alpha value is -1.85. The van der Waals surface area contributed by atoms with Crippen LogP contribution in [-0.2, 0) is 6.61 Å². The molecule has 0 radical (unpaired) electrons. The van der Waals surface area contributed by atoms with Gasteiger partial charge in [-0.25, -0.2) is 0 Å². The van der Waals surface area contributed by atoms with Crippen LogP contribution in [0.3, 0.4) is 0 Å². The van der Waals surface area contributed by atoms with Crippen molar-refractivity contribution in [1.29, 1.82) is 0 Å². The second kappa shape index (κ2) is 5.86. The third-order valence-corrected chi connectivity index (χ3v) is 3.02. The Bertz CT molecular complexity index is 620. The van der Waals surface area contributed by atoms with Crippen LogP contribution < -0.4 is 4.74 Å². The second-order valence-corrected chi connectivity index (χ2v) is 4.44. The summed E-state index contributed by atoms with van der Waals surface area (Å²) >= 11 is 11.8. The molecule has 0 unspecified atom stereocenters. The van der Waals surface area contributed by atoms with Crippen LogP contribution in [0.1, 0.15) is 5.56 Å². The summed E-state index contributed by atoms with van der Waals surface area (Å²) in [6, 6.07) is 5.71. The zero-order valence-corrected chi connectivity index (χ0v) is 11.1. The molecule has 0 aliphatic rings. The van der Waals surface area contributed by atoms with Gasteiger partial charge in [0.25, 0.3) is 5.69 Å². The van der Waals surface area contributed by atoms with E-state index in [0.717, 1.165) is 5.56 Å². The van der Waals surface area contributed by atoms with E-state index in [1.165, 1.54) is 24.4 Å². The molecule has 0 aliphatic carbocycles. The first kappa shape index (κ1) is 13.6. The molecule has 98 valence electrons. The van der Waals surface area contributed by atoms with Crippen LogP contribution in [0.15, 0.2) is 36.7 Å². The lowest BCUT2D eigenvalue weighted by atomic mass is 10.3. The summed E-state index contributed by atoms with van der Waals surface area (Å²) < 4.78 is 5.45. The van der Waals surface area contributed by atoms with Gasteiger partial charge in [0.15, 0.2) is 0 Å². The molecule has 0 fully saturated rings. The number of rotatable bonds is 4. The fourth-order valence-corrected chi connectivity index (χ4v) is 1.74. The average molecular weight is 299 g/mol. The van der Waals surface area contributed by atoms with Crippen LogP contribution >= 0.6 is 23.2 Å². The molecule has 5 nitrogen and oxygen atoms in total. The molecule has 2 rings (SSSR count). The van der Waals surface area contributed by atoms with E-state index in [4.69, 9.17) is 27.9 Å². The SMILES string of the molecule is O=[N+]([O-])c1ccc(Cl)c(OCc2ccncc2Cl)c1. The number of non-ortho nitro benzene ring substituents is 1. The van der Waals surface area contributed by atoms with Gasteiger partial charge in [0, 0.05) is 24.0 Å². The summed E-state index contributed by atoms with van der Waals surface area (Å²) in [5.74, 6) is 0.240. The van der Waals surface area contributed by atoms with Gasteiger partial charge >= 0.3 is 0 Å². The summed E-state index contributed by atoms with van der Waals surface area (Å²) in [5.41, 5.74) is 0.638. The van der Waals surface area contributed by atoms with Crippen molar-refractivity contribution >= 4 is 28.9 Å². The monoisotopic (exact) mass is 298 g/mol. The molecule has 0 aliphatic heterocycles. The molecule has 0 bridgehead atoms. The van der Waals surface area contributed by atoms with Crippen molar-refractivity contribution in [2.24, 2.45) is 0 Å². The van der Waals surface area contributed by atoms with E-state index < -0.39 is 4.92 Å². The molecule has 7 heteroatoms. The molecule has 0 saturated carbocycles. The van der Waals surface area contributed by atoms with Gasteiger partial charge in [0.05, 0.1) is 21.0 Å². The predicted octanol–water partition coefficient (Wildman–Crippen LogP) is 3.88. The highest BCUT2D eigenvalue weighted by molar-refractivity contribution is 6.32. The molecule has 0 spiro atoms. The lowest BCUT2D eigenvalue weighted by molar-refractivity contribution is -0.384. The molecular formula is C12H8Cl2N2O3. The smallest absolute Gasteiger partial charge is 0.273 e. The van der Waals surface area contributed by atoms with E-state index in [-0.39, 0.29) is 18.0 Å². The number of hydrogen-bond acceptors (Lipinski definition) is 4. The molecule has 1 heterocycles. The Morgan fingerprint density at radius 3 is 2.74 bits per heavy atom. The predicted molar refractivity (Wildman–Crippen MR) is 71.7 cm³/mol. The molecule has 1 aromatic carbocycles. The number of ether oxygens (including phenoxy) is 1. The van der Waals surface area contributed by atoms with Gasteiger partial charge in [-0.2, -0.15) is 0 Å². The Labute approximate surface area is 118 Å². The Balaban J connectivity index is 2.17. The number of halogens is 2. The summed E-state index contributed by atoms with van der Waals surface area (Å²) in [6.45, 7) is 0.155. The fourth-order valence-electron chi connectivity index (χ4n) is 1.39. The van der Waals surface area contributed by atoms with E-state index in [1.54, 1.807) is 12.3 Å². The summed E-state index contributed by atoms with van der Waals surface area (Å²) in [5, 5.41) is 11.4. The molecular weight excluding hydrogens is 291 g/mol. The number of nitro groups is 1. The molecule has 0 atom stereocenters. The first-order valence-corrected chi connectivity index (χ1v) is 5.98. The average Bonchev–Trinajstić information content (AvgIpc) is 2.39. The van der Waals surface area contributed by atoms with Crippen molar-refractivity contribution in [3.8, 4) is 5.75 Å². The highest BCUT2D eigenvalue weighted by atomic mass is 35.5. The quantitative estimate of drug-likeness (QED) is 0.635. The highest BCUT2D eigenvalue weighted by Gasteiger charge is 2.11. The minimum absolute atomic E-state index is 0.0831. The van der Waals surface area contributed by atoms with Crippen LogP contribution in [0.25, 0.3) is 0 Å². The summed E-state index contributed by atoms with van der Waals surface area (Å²) in [6.07, 6.45) is 3.08. The maximum absolute atomic E-state index is 10.7. The third kappa shape index (κ3) is 3.33. The van der Waals surface area contributed by atoms with Crippen molar-refractivity contribution in [2.75, 3.05) is 0 Å². The lowest BCUT2D eigenvalue weighted by Crippen LogP contribution is -1.98. The second-order valence-electron chi connectivity index (χ2n) is 3.63. The Morgan fingerprint density at radius 2 is 2.05 bits per heavy atom. The number of pyridine rings is 1. The third-order valence-electron chi connectivity index (χ3n) is 2.37. The minimum atomic E-state index is -0.511. The van der Waals surface area contributed by atoms with Crippen LogP contribution in [0.5, 0.6) is 5.75 Å². The van der Waals surface area contributed by atoms with E-state index in [1.807, 2.05) is 0 Å². The van der Waals surface area contributed by atoms with Crippen LogP contribution in [0.4, 0.5) is 5.69 Å². The van der Waals surface area contributed by atoms with E-state index >= 15 is 0 Å². The van der Waals surface area contributed by atoms with Crippen LogP contribution in [0.2, 0.25) is 10.0 Å². The van der Waals surface area contributed by atoms with Gasteiger partial charge < -0.3 is 4.74 Å². The van der Waals surface area contributed by atoms with Gasteiger partial charge in [-0.05, 0) is 12.1 Å². The standard InChI is InChI=1S/C12H8Cl2N2O3/c13-10-2-1-9(16(17)18)5-12(10)19-7-8-3-4-15-6-11(8)14/h1-6H,7H2. The maximum atomic E-state index is 10.7. The van der Waals surface area contributed by atoms with Crippen LogP contribution in [0, 0.1) is 10.1 Å². The molecule has 2 aromatic rings.